The molecule has 0 amide bonds. The van der Waals surface area contributed by atoms with Gasteiger partial charge in [-0.2, -0.15) is 0 Å². The number of H-pyrrole nitrogens is 1. The highest BCUT2D eigenvalue weighted by Gasteiger charge is 2.19. The molecule has 5 nitrogen and oxygen atoms in total. The van der Waals surface area contributed by atoms with E-state index in [0.717, 1.165) is 0 Å². The van der Waals surface area contributed by atoms with Crippen molar-refractivity contribution in [3.63, 3.8) is 0 Å². The second-order valence-corrected chi connectivity index (χ2v) is 3.87. The molecule has 2 aromatic rings. The maximum Gasteiger partial charge on any atom is 0.274 e. The van der Waals surface area contributed by atoms with Crippen molar-refractivity contribution in [3.8, 4) is 22.8 Å². The molecule has 2 heterocycles. The standard InChI is InChI=1S/C11H7ClN2O3/c12-7-3-6(4-8-10(7)17-5-16-8)9-11(15)14-2-1-13-9/h1-4H,5H2,(H,14,15). The molecule has 0 saturated heterocycles. The minimum atomic E-state index is -0.276. The molecule has 0 saturated carbocycles. The first-order valence-electron chi connectivity index (χ1n) is 4.89. The van der Waals surface area contributed by atoms with Crippen LogP contribution in [0.3, 0.4) is 0 Å². The summed E-state index contributed by atoms with van der Waals surface area (Å²) >= 11 is 6.03. The van der Waals surface area contributed by atoms with Gasteiger partial charge in [0.05, 0.1) is 5.02 Å². The number of nitrogens with one attached hydrogen (secondary N) is 1. The Morgan fingerprint density at radius 2 is 2.24 bits per heavy atom. The molecule has 1 aliphatic rings. The molecule has 0 fully saturated rings. The summed E-state index contributed by atoms with van der Waals surface area (Å²) in [6.45, 7) is 0.136. The number of hydrogen-bond acceptors (Lipinski definition) is 4. The van der Waals surface area contributed by atoms with Crippen LogP contribution >= 0.6 is 11.6 Å². The minimum absolute atomic E-state index is 0.136. The highest BCUT2D eigenvalue weighted by Crippen LogP contribution is 2.41. The number of aromatic amines is 1. The predicted molar refractivity (Wildman–Crippen MR) is 61.4 cm³/mol. The maximum absolute atomic E-state index is 11.6. The Morgan fingerprint density at radius 3 is 3.06 bits per heavy atom. The molecule has 0 radical (unpaired) electrons. The van der Waals surface area contributed by atoms with E-state index in [2.05, 4.69) is 9.97 Å². The smallest absolute Gasteiger partial charge is 0.274 e. The molecule has 1 aromatic heterocycles. The predicted octanol–water partition coefficient (Wildman–Crippen LogP) is 1.82. The summed E-state index contributed by atoms with van der Waals surface area (Å²) < 4.78 is 10.4. The van der Waals surface area contributed by atoms with E-state index in [4.69, 9.17) is 21.1 Å². The first kappa shape index (κ1) is 10.2. The lowest BCUT2D eigenvalue weighted by Crippen LogP contribution is -2.09. The molecule has 0 spiro atoms. The highest BCUT2D eigenvalue weighted by molar-refractivity contribution is 6.32. The topological polar surface area (TPSA) is 64.2 Å². The Bertz CT molecular complexity index is 639. The summed E-state index contributed by atoms with van der Waals surface area (Å²) in [5.74, 6) is 1.03. The second-order valence-electron chi connectivity index (χ2n) is 3.46. The number of halogens is 1. The molecule has 0 unspecified atom stereocenters. The fraction of sp³-hybridized carbons (Fsp3) is 0.0909. The summed E-state index contributed by atoms with van der Waals surface area (Å²) in [7, 11) is 0. The zero-order valence-corrected chi connectivity index (χ0v) is 9.32. The average Bonchev–Trinajstić information content (AvgIpc) is 2.78. The van der Waals surface area contributed by atoms with Gasteiger partial charge in [0.15, 0.2) is 11.5 Å². The van der Waals surface area contributed by atoms with Crippen molar-refractivity contribution < 1.29 is 9.47 Å². The maximum atomic E-state index is 11.6. The third kappa shape index (κ3) is 1.64. The first-order valence-corrected chi connectivity index (χ1v) is 5.27. The largest absolute Gasteiger partial charge is 0.454 e. The van der Waals surface area contributed by atoms with Crippen molar-refractivity contribution in [1.82, 2.24) is 9.97 Å². The van der Waals surface area contributed by atoms with Crippen LogP contribution in [0.2, 0.25) is 5.02 Å². The highest BCUT2D eigenvalue weighted by atomic mass is 35.5. The van der Waals surface area contributed by atoms with Crippen LogP contribution < -0.4 is 15.0 Å². The summed E-state index contributed by atoms with van der Waals surface area (Å²) in [6.07, 6.45) is 2.98. The van der Waals surface area contributed by atoms with Crippen molar-refractivity contribution in [2.75, 3.05) is 6.79 Å². The lowest BCUT2D eigenvalue weighted by molar-refractivity contribution is 0.174. The number of benzene rings is 1. The van der Waals surface area contributed by atoms with E-state index in [9.17, 15) is 4.79 Å². The molecule has 0 atom stereocenters. The molecule has 86 valence electrons. The molecule has 1 N–H and O–H groups in total. The Hall–Kier alpha value is -2.01. The lowest BCUT2D eigenvalue weighted by Gasteiger charge is -2.03. The molecule has 3 rings (SSSR count). The van der Waals surface area contributed by atoms with Gasteiger partial charge in [-0.1, -0.05) is 11.6 Å². The summed E-state index contributed by atoms with van der Waals surface area (Å²) in [5.41, 5.74) is 0.622. The molecular weight excluding hydrogens is 244 g/mol. The Kier molecular flexibility index (Phi) is 2.26. The van der Waals surface area contributed by atoms with Gasteiger partial charge in [0, 0.05) is 18.0 Å². The van der Waals surface area contributed by atoms with E-state index in [1.165, 1.54) is 12.4 Å². The van der Waals surface area contributed by atoms with Crippen molar-refractivity contribution in [3.05, 3.63) is 39.9 Å². The minimum Gasteiger partial charge on any atom is -0.454 e. The third-order valence-electron chi connectivity index (χ3n) is 2.41. The Labute approximate surface area is 101 Å². The number of aromatic nitrogens is 2. The quantitative estimate of drug-likeness (QED) is 0.839. The molecule has 0 aliphatic carbocycles. The zero-order chi connectivity index (χ0) is 11.8. The van der Waals surface area contributed by atoms with Crippen LogP contribution in [0, 0.1) is 0 Å². The van der Waals surface area contributed by atoms with Crippen LogP contribution in [0.25, 0.3) is 11.3 Å². The van der Waals surface area contributed by atoms with E-state index >= 15 is 0 Å². The van der Waals surface area contributed by atoms with Crippen molar-refractivity contribution >= 4 is 11.6 Å². The molecule has 6 heteroatoms. The van der Waals surface area contributed by atoms with Crippen molar-refractivity contribution in [2.24, 2.45) is 0 Å². The van der Waals surface area contributed by atoms with Gasteiger partial charge >= 0.3 is 0 Å². The normalized spacial score (nSPS) is 12.8. The van der Waals surface area contributed by atoms with Gasteiger partial charge < -0.3 is 14.5 Å². The SMILES string of the molecule is O=c1[nH]ccnc1-c1cc(Cl)c2c(c1)OCO2. The summed E-state index contributed by atoms with van der Waals surface area (Å²) in [6, 6.07) is 3.32. The van der Waals surface area contributed by atoms with Crippen LogP contribution in [0.5, 0.6) is 11.5 Å². The van der Waals surface area contributed by atoms with Crippen LogP contribution in [0.1, 0.15) is 0 Å². The monoisotopic (exact) mass is 250 g/mol. The fourth-order valence-corrected chi connectivity index (χ4v) is 1.93. The molecule has 17 heavy (non-hydrogen) atoms. The second kappa shape index (κ2) is 3.78. The zero-order valence-electron chi connectivity index (χ0n) is 8.57. The fourth-order valence-electron chi connectivity index (χ4n) is 1.66. The van der Waals surface area contributed by atoms with E-state index in [0.29, 0.717) is 27.8 Å². The molecule has 1 aromatic carbocycles. The number of rotatable bonds is 1. The summed E-state index contributed by atoms with van der Waals surface area (Å²) in [5, 5.41) is 0.403. The Balaban J connectivity index is 2.20. The van der Waals surface area contributed by atoms with Crippen LogP contribution in [0.4, 0.5) is 0 Å². The Morgan fingerprint density at radius 1 is 1.35 bits per heavy atom. The van der Waals surface area contributed by atoms with Gasteiger partial charge in [-0.3, -0.25) is 4.79 Å². The number of nitrogens with zero attached hydrogens (tertiary/aromatic N) is 1. The average molecular weight is 251 g/mol. The van der Waals surface area contributed by atoms with Crippen LogP contribution in [-0.4, -0.2) is 16.8 Å². The van der Waals surface area contributed by atoms with Gasteiger partial charge in [-0.25, -0.2) is 4.98 Å². The van der Waals surface area contributed by atoms with Gasteiger partial charge in [0.25, 0.3) is 5.56 Å². The number of hydrogen-bond donors (Lipinski definition) is 1. The molecular formula is C11H7ClN2O3. The van der Waals surface area contributed by atoms with Crippen LogP contribution in [-0.2, 0) is 0 Å². The van der Waals surface area contributed by atoms with Gasteiger partial charge in [0.2, 0.25) is 6.79 Å². The van der Waals surface area contributed by atoms with Gasteiger partial charge in [0.1, 0.15) is 5.69 Å². The van der Waals surface area contributed by atoms with Gasteiger partial charge in [-0.15, -0.1) is 0 Å². The molecule has 0 bridgehead atoms. The third-order valence-corrected chi connectivity index (χ3v) is 2.69. The number of ether oxygens (including phenoxy) is 2. The van der Waals surface area contributed by atoms with E-state index < -0.39 is 0 Å². The van der Waals surface area contributed by atoms with E-state index in [-0.39, 0.29) is 12.4 Å². The lowest BCUT2D eigenvalue weighted by atomic mass is 10.1. The molecule has 1 aliphatic heterocycles. The van der Waals surface area contributed by atoms with Crippen LogP contribution in [0.15, 0.2) is 29.3 Å². The van der Waals surface area contributed by atoms with E-state index in [1.54, 1.807) is 12.1 Å². The van der Waals surface area contributed by atoms with Gasteiger partial charge in [-0.05, 0) is 12.1 Å². The summed E-state index contributed by atoms with van der Waals surface area (Å²) in [4.78, 5) is 18.2. The van der Waals surface area contributed by atoms with Crippen molar-refractivity contribution in [2.45, 2.75) is 0 Å². The number of fused-ring (bicyclic) bond motifs is 1. The first-order chi connectivity index (χ1) is 8.25. The van der Waals surface area contributed by atoms with E-state index in [1.807, 2.05) is 0 Å². The van der Waals surface area contributed by atoms with Crippen molar-refractivity contribution in [1.29, 1.82) is 0 Å².